The Labute approximate surface area is 172 Å². The lowest BCUT2D eigenvalue weighted by Gasteiger charge is -2.13. The Morgan fingerprint density at radius 1 is 1.07 bits per heavy atom. The molecule has 0 saturated carbocycles. The van der Waals surface area contributed by atoms with E-state index < -0.39 is 0 Å². The molecule has 1 heterocycles. The molecule has 150 valence electrons. The molecule has 0 radical (unpaired) electrons. The van der Waals surface area contributed by atoms with Crippen molar-refractivity contribution in [3.05, 3.63) is 83.6 Å². The van der Waals surface area contributed by atoms with E-state index in [4.69, 9.17) is 4.74 Å². The van der Waals surface area contributed by atoms with Crippen LogP contribution in [0.4, 0.5) is 11.5 Å². The summed E-state index contributed by atoms with van der Waals surface area (Å²) in [6.45, 7) is 4.96. The van der Waals surface area contributed by atoms with E-state index in [0.717, 1.165) is 35.8 Å². The summed E-state index contributed by atoms with van der Waals surface area (Å²) in [5.41, 5.74) is 3.68. The Morgan fingerprint density at radius 3 is 2.62 bits per heavy atom. The van der Waals surface area contributed by atoms with Crippen molar-refractivity contribution in [3.63, 3.8) is 0 Å². The van der Waals surface area contributed by atoms with E-state index >= 15 is 0 Å². The third kappa shape index (κ3) is 5.57. The molecule has 0 aliphatic rings. The van der Waals surface area contributed by atoms with E-state index in [-0.39, 0.29) is 5.91 Å². The first-order valence-corrected chi connectivity index (χ1v) is 9.80. The zero-order valence-electron chi connectivity index (χ0n) is 17.1. The number of anilines is 2. The molecular weight excluding hydrogens is 362 g/mol. The fourth-order valence-corrected chi connectivity index (χ4v) is 3.10. The number of hydrogen-bond donors (Lipinski definition) is 2. The molecule has 5 nitrogen and oxygen atoms in total. The zero-order valence-corrected chi connectivity index (χ0v) is 17.1. The van der Waals surface area contributed by atoms with E-state index in [0.29, 0.717) is 11.5 Å². The molecule has 2 aromatic carbocycles. The van der Waals surface area contributed by atoms with Gasteiger partial charge in [0.05, 0.1) is 12.7 Å². The molecular formula is C24H27N3O2. The minimum Gasteiger partial charge on any atom is -0.497 e. The number of methoxy groups -OCH3 is 1. The monoisotopic (exact) mass is 389 g/mol. The minimum absolute atomic E-state index is 0.159. The molecule has 0 fully saturated rings. The van der Waals surface area contributed by atoms with Crippen molar-refractivity contribution in [3.8, 4) is 5.75 Å². The molecule has 1 amide bonds. The topological polar surface area (TPSA) is 63.2 Å². The summed E-state index contributed by atoms with van der Waals surface area (Å²) < 4.78 is 5.25. The number of aromatic nitrogens is 1. The van der Waals surface area contributed by atoms with Gasteiger partial charge in [0.25, 0.3) is 5.91 Å². The fourth-order valence-electron chi connectivity index (χ4n) is 3.10. The predicted octanol–water partition coefficient (Wildman–Crippen LogP) is 5.12. The van der Waals surface area contributed by atoms with Gasteiger partial charge in [-0.05, 0) is 53.8 Å². The van der Waals surface area contributed by atoms with Gasteiger partial charge in [0.1, 0.15) is 11.6 Å². The largest absolute Gasteiger partial charge is 0.497 e. The normalized spacial score (nSPS) is 10.6. The summed E-state index contributed by atoms with van der Waals surface area (Å²) in [6.07, 6.45) is 2.45. The number of carbonyl (C=O) groups excluding carboxylic acids is 1. The average Bonchev–Trinajstić information content (AvgIpc) is 2.74. The Morgan fingerprint density at radius 2 is 1.90 bits per heavy atom. The second-order valence-corrected chi connectivity index (χ2v) is 7.16. The third-order valence-electron chi connectivity index (χ3n) is 4.71. The standard InChI is InChI=1S/C24H27N3O2/c1-17(2)21-9-4-5-10-22(21)27-24(28)19-11-12-23(26-16-19)25-14-13-18-7-6-8-20(15-18)29-3/h4-12,15-17H,13-14H2,1-3H3,(H,25,26)(H,27,28). The van der Waals surface area contributed by atoms with Crippen molar-refractivity contribution >= 4 is 17.4 Å². The summed E-state index contributed by atoms with van der Waals surface area (Å²) in [5.74, 6) is 1.77. The van der Waals surface area contributed by atoms with Crippen LogP contribution in [0.3, 0.4) is 0 Å². The summed E-state index contributed by atoms with van der Waals surface area (Å²) >= 11 is 0. The molecule has 0 atom stereocenters. The predicted molar refractivity (Wildman–Crippen MR) is 118 cm³/mol. The SMILES string of the molecule is COc1cccc(CCNc2ccc(C(=O)Nc3ccccc3C(C)C)cn2)c1. The first-order valence-electron chi connectivity index (χ1n) is 9.80. The highest BCUT2D eigenvalue weighted by Gasteiger charge is 2.11. The number of carbonyl (C=O) groups is 1. The van der Waals surface area contributed by atoms with Crippen LogP contribution in [0.1, 0.15) is 41.3 Å². The molecule has 29 heavy (non-hydrogen) atoms. The van der Waals surface area contributed by atoms with Gasteiger partial charge in [-0.15, -0.1) is 0 Å². The number of ether oxygens (including phenoxy) is 1. The van der Waals surface area contributed by atoms with Gasteiger partial charge in [-0.25, -0.2) is 4.98 Å². The van der Waals surface area contributed by atoms with E-state index in [1.165, 1.54) is 5.56 Å². The van der Waals surface area contributed by atoms with Crippen molar-refractivity contribution < 1.29 is 9.53 Å². The highest BCUT2D eigenvalue weighted by molar-refractivity contribution is 6.04. The minimum atomic E-state index is -0.159. The van der Waals surface area contributed by atoms with Gasteiger partial charge < -0.3 is 15.4 Å². The van der Waals surface area contributed by atoms with Gasteiger partial charge >= 0.3 is 0 Å². The third-order valence-corrected chi connectivity index (χ3v) is 4.71. The van der Waals surface area contributed by atoms with Crippen molar-refractivity contribution in [2.24, 2.45) is 0 Å². The first-order chi connectivity index (χ1) is 14.1. The van der Waals surface area contributed by atoms with Crippen molar-refractivity contribution in [2.45, 2.75) is 26.2 Å². The van der Waals surface area contributed by atoms with E-state index in [9.17, 15) is 4.79 Å². The second kappa shape index (κ2) is 9.73. The molecule has 0 aliphatic heterocycles. The average molecular weight is 389 g/mol. The van der Waals surface area contributed by atoms with Gasteiger partial charge in [0, 0.05) is 18.4 Å². The first kappa shape index (κ1) is 20.4. The van der Waals surface area contributed by atoms with Gasteiger partial charge in [-0.1, -0.05) is 44.2 Å². The molecule has 1 aromatic heterocycles. The Balaban J connectivity index is 1.56. The summed E-state index contributed by atoms with van der Waals surface area (Å²) in [6, 6.07) is 19.5. The number of nitrogens with zero attached hydrogens (tertiary/aromatic N) is 1. The fraction of sp³-hybridized carbons (Fsp3) is 0.250. The van der Waals surface area contributed by atoms with E-state index in [2.05, 4.69) is 35.5 Å². The molecule has 0 aliphatic carbocycles. The van der Waals surface area contributed by atoms with Crippen LogP contribution in [0.5, 0.6) is 5.75 Å². The quantitative estimate of drug-likeness (QED) is 0.561. The van der Waals surface area contributed by atoms with Crippen LogP contribution in [-0.2, 0) is 6.42 Å². The zero-order chi connectivity index (χ0) is 20.6. The lowest BCUT2D eigenvalue weighted by atomic mass is 10.0. The van der Waals surface area contributed by atoms with Gasteiger partial charge in [-0.3, -0.25) is 4.79 Å². The molecule has 0 spiro atoms. The van der Waals surface area contributed by atoms with E-state index in [1.54, 1.807) is 19.4 Å². The molecule has 5 heteroatoms. The van der Waals surface area contributed by atoms with Crippen LogP contribution in [0.2, 0.25) is 0 Å². The number of rotatable bonds is 8. The second-order valence-electron chi connectivity index (χ2n) is 7.16. The maximum atomic E-state index is 12.6. The molecule has 0 unspecified atom stereocenters. The van der Waals surface area contributed by atoms with E-state index in [1.807, 2.05) is 48.5 Å². The smallest absolute Gasteiger partial charge is 0.257 e. The highest BCUT2D eigenvalue weighted by atomic mass is 16.5. The lowest BCUT2D eigenvalue weighted by molar-refractivity contribution is 0.102. The van der Waals surface area contributed by atoms with Gasteiger partial charge in [0.15, 0.2) is 0 Å². The maximum Gasteiger partial charge on any atom is 0.257 e. The number of pyridine rings is 1. The summed E-state index contributed by atoms with van der Waals surface area (Å²) in [5, 5.41) is 6.28. The van der Waals surface area contributed by atoms with Crippen molar-refractivity contribution in [1.29, 1.82) is 0 Å². The molecule has 0 saturated heterocycles. The summed E-state index contributed by atoms with van der Waals surface area (Å²) in [7, 11) is 1.67. The van der Waals surface area contributed by atoms with Crippen molar-refractivity contribution in [2.75, 3.05) is 24.3 Å². The highest BCUT2D eigenvalue weighted by Crippen LogP contribution is 2.24. The van der Waals surface area contributed by atoms with Crippen LogP contribution < -0.4 is 15.4 Å². The Kier molecular flexibility index (Phi) is 6.85. The molecule has 3 rings (SSSR count). The van der Waals surface area contributed by atoms with Crippen LogP contribution in [-0.4, -0.2) is 24.5 Å². The van der Waals surface area contributed by atoms with Crippen LogP contribution >= 0.6 is 0 Å². The number of nitrogens with one attached hydrogen (secondary N) is 2. The number of benzene rings is 2. The Hall–Kier alpha value is -3.34. The number of hydrogen-bond acceptors (Lipinski definition) is 4. The van der Waals surface area contributed by atoms with Crippen molar-refractivity contribution in [1.82, 2.24) is 4.98 Å². The molecule has 3 aromatic rings. The van der Waals surface area contributed by atoms with Crippen LogP contribution in [0.25, 0.3) is 0 Å². The lowest BCUT2D eigenvalue weighted by Crippen LogP contribution is -2.14. The maximum absolute atomic E-state index is 12.6. The van der Waals surface area contributed by atoms with Gasteiger partial charge in [0.2, 0.25) is 0 Å². The molecule has 0 bridgehead atoms. The molecule has 2 N–H and O–H groups in total. The summed E-state index contributed by atoms with van der Waals surface area (Å²) in [4.78, 5) is 16.9. The van der Waals surface area contributed by atoms with Gasteiger partial charge in [-0.2, -0.15) is 0 Å². The Bertz CT molecular complexity index is 952. The van der Waals surface area contributed by atoms with Crippen LogP contribution in [0, 0.1) is 0 Å². The number of amides is 1. The number of para-hydroxylation sites is 1. The van der Waals surface area contributed by atoms with Crippen LogP contribution in [0.15, 0.2) is 66.9 Å².